The Hall–Kier alpha value is -1.02. The molecule has 2 fully saturated rings. The van der Waals surface area contributed by atoms with Gasteiger partial charge in [0.05, 0.1) is 6.10 Å². The van der Waals surface area contributed by atoms with Crippen LogP contribution in [0.4, 0.5) is 0 Å². The molecule has 3 rings (SSSR count). The van der Waals surface area contributed by atoms with Gasteiger partial charge < -0.3 is 10.1 Å². The summed E-state index contributed by atoms with van der Waals surface area (Å²) >= 11 is 0. The minimum Gasteiger partial charge on any atom is -0.490 e. The fraction of sp³-hybridized carbons (Fsp3) is 0.647. The molecule has 0 spiro atoms. The van der Waals surface area contributed by atoms with Crippen molar-refractivity contribution in [3.63, 3.8) is 0 Å². The predicted molar refractivity (Wildman–Crippen MR) is 78.6 cm³/mol. The second-order valence-electron chi connectivity index (χ2n) is 6.09. The summed E-state index contributed by atoms with van der Waals surface area (Å²) in [5, 5.41) is 3.50. The van der Waals surface area contributed by atoms with Gasteiger partial charge in [0.15, 0.2) is 0 Å². The van der Waals surface area contributed by atoms with E-state index in [1.807, 2.05) is 0 Å². The first-order valence-electron chi connectivity index (χ1n) is 7.86. The minimum absolute atomic E-state index is 0.464. The Bertz CT molecular complexity index is 392. The molecule has 0 radical (unpaired) electrons. The lowest BCUT2D eigenvalue weighted by atomic mass is 9.92. The highest BCUT2D eigenvalue weighted by Gasteiger charge is 2.17. The molecule has 1 aliphatic carbocycles. The second kappa shape index (κ2) is 6.42. The monoisotopic (exact) mass is 259 g/mol. The van der Waals surface area contributed by atoms with Crippen LogP contribution in [0.2, 0.25) is 0 Å². The van der Waals surface area contributed by atoms with E-state index in [1.54, 1.807) is 0 Å². The van der Waals surface area contributed by atoms with Crippen molar-refractivity contribution < 1.29 is 4.74 Å². The molecule has 1 heterocycles. The molecule has 0 aromatic heterocycles. The third-order valence-electron chi connectivity index (χ3n) is 4.43. The molecule has 2 heteroatoms. The van der Waals surface area contributed by atoms with Gasteiger partial charge in [-0.05, 0) is 81.6 Å². The maximum atomic E-state index is 6.09. The maximum Gasteiger partial charge on any atom is 0.119 e. The predicted octanol–water partition coefficient (Wildman–Crippen LogP) is 3.55. The van der Waals surface area contributed by atoms with Crippen molar-refractivity contribution in [2.75, 3.05) is 13.1 Å². The van der Waals surface area contributed by atoms with E-state index in [-0.39, 0.29) is 0 Å². The minimum atomic E-state index is 0.464. The molecule has 1 unspecified atom stereocenters. The van der Waals surface area contributed by atoms with Crippen LogP contribution in [-0.4, -0.2) is 19.2 Å². The van der Waals surface area contributed by atoms with Crippen LogP contribution < -0.4 is 10.1 Å². The van der Waals surface area contributed by atoms with Crippen molar-refractivity contribution in [3.8, 4) is 5.75 Å². The van der Waals surface area contributed by atoms with E-state index in [0.29, 0.717) is 6.10 Å². The molecular formula is C17H25NO. The summed E-state index contributed by atoms with van der Waals surface area (Å²) in [5.74, 6) is 1.88. The average molecular weight is 259 g/mol. The Balaban J connectivity index is 1.58. The van der Waals surface area contributed by atoms with Gasteiger partial charge in [-0.25, -0.2) is 0 Å². The van der Waals surface area contributed by atoms with Crippen molar-refractivity contribution in [1.82, 2.24) is 5.32 Å². The van der Waals surface area contributed by atoms with Gasteiger partial charge in [-0.15, -0.1) is 0 Å². The van der Waals surface area contributed by atoms with Crippen LogP contribution in [0, 0.1) is 5.92 Å². The quantitative estimate of drug-likeness (QED) is 0.893. The molecule has 1 atom stereocenters. The summed E-state index contributed by atoms with van der Waals surface area (Å²) in [6.07, 6.45) is 9.47. The number of rotatable bonds is 4. The Kier molecular flexibility index (Phi) is 4.39. The highest BCUT2D eigenvalue weighted by Crippen LogP contribution is 2.25. The molecule has 0 amide bonds. The summed E-state index contributed by atoms with van der Waals surface area (Å²) in [6, 6.07) is 8.76. The topological polar surface area (TPSA) is 21.3 Å². The van der Waals surface area contributed by atoms with Gasteiger partial charge in [0.1, 0.15) is 5.75 Å². The van der Waals surface area contributed by atoms with Crippen LogP contribution in [0.3, 0.4) is 0 Å². The third kappa shape index (κ3) is 3.73. The molecule has 1 aromatic rings. The Morgan fingerprint density at radius 2 is 2.00 bits per heavy atom. The Morgan fingerprint density at radius 1 is 1.11 bits per heavy atom. The highest BCUT2D eigenvalue weighted by atomic mass is 16.5. The van der Waals surface area contributed by atoms with E-state index in [1.165, 1.54) is 63.6 Å². The lowest BCUT2D eigenvalue weighted by Crippen LogP contribution is -2.30. The summed E-state index contributed by atoms with van der Waals surface area (Å²) in [6.45, 7) is 2.37. The molecule has 1 aromatic carbocycles. The molecule has 2 nitrogen and oxygen atoms in total. The van der Waals surface area contributed by atoms with E-state index >= 15 is 0 Å². The maximum absolute atomic E-state index is 6.09. The molecule has 1 aliphatic heterocycles. The van der Waals surface area contributed by atoms with Crippen molar-refractivity contribution >= 4 is 0 Å². The van der Waals surface area contributed by atoms with Gasteiger partial charge >= 0.3 is 0 Å². The number of hydrogen-bond acceptors (Lipinski definition) is 2. The van der Waals surface area contributed by atoms with E-state index in [0.717, 1.165) is 11.7 Å². The normalized spacial score (nSPS) is 24.5. The first-order valence-corrected chi connectivity index (χ1v) is 7.86. The fourth-order valence-electron chi connectivity index (χ4n) is 3.38. The van der Waals surface area contributed by atoms with Gasteiger partial charge in [0.2, 0.25) is 0 Å². The number of ether oxygens (including phenoxy) is 1. The lowest BCUT2D eigenvalue weighted by molar-refractivity contribution is 0.209. The first kappa shape index (κ1) is 13.0. The molecule has 1 saturated carbocycles. The Morgan fingerprint density at radius 3 is 2.79 bits per heavy atom. The second-order valence-corrected chi connectivity index (χ2v) is 6.09. The number of hydrogen-bond donors (Lipinski definition) is 1. The van der Waals surface area contributed by atoms with Gasteiger partial charge in [-0.3, -0.25) is 0 Å². The van der Waals surface area contributed by atoms with E-state index in [9.17, 15) is 0 Å². The summed E-state index contributed by atoms with van der Waals surface area (Å²) in [5.41, 5.74) is 1.43. The summed E-state index contributed by atoms with van der Waals surface area (Å²) < 4.78 is 6.09. The van der Waals surface area contributed by atoms with Gasteiger partial charge in [0, 0.05) is 0 Å². The van der Waals surface area contributed by atoms with Crippen molar-refractivity contribution in [2.24, 2.45) is 5.92 Å². The number of nitrogens with one attached hydrogen (secondary N) is 1. The zero-order valence-corrected chi connectivity index (χ0v) is 11.7. The Labute approximate surface area is 116 Å². The highest BCUT2D eigenvalue weighted by molar-refractivity contribution is 5.29. The van der Waals surface area contributed by atoms with Crippen molar-refractivity contribution in [1.29, 1.82) is 0 Å². The zero-order chi connectivity index (χ0) is 12.9. The molecule has 1 saturated heterocycles. The molecule has 0 bridgehead atoms. The first-order chi connectivity index (χ1) is 9.40. The van der Waals surface area contributed by atoms with Gasteiger partial charge in [-0.2, -0.15) is 0 Å². The van der Waals surface area contributed by atoms with Crippen LogP contribution in [0.5, 0.6) is 5.75 Å². The SMILES string of the molecule is c1cc(CC2CCCNC2)cc(OC2CCCC2)c1. The number of benzene rings is 1. The molecule has 2 aliphatic rings. The van der Waals surface area contributed by atoms with E-state index in [2.05, 4.69) is 29.6 Å². The lowest BCUT2D eigenvalue weighted by Gasteiger charge is -2.23. The average Bonchev–Trinajstić information content (AvgIpc) is 2.93. The van der Waals surface area contributed by atoms with Crippen molar-refractivity contribution in [3.05, 3.63) is 29.8 Å². The van der Waals surface area contributed by atoms with Crippen LogP contribution in [-0.2, 0) is 6.42 Å². The third-order valence-corrected chi connectivity index (χ3v) is 4.43. The smallest absolute Gasteiger partial charge is 0.119 e. The molecule has 19 heavy (non-hydrogen) atoms. The zero-order valence-electron chi connectivity index (χ0n) is 11.7. The van der Waals surface area contributed by atoms with E-state index in [4.69, 9.17) is 4.74 Å². The fourth-order valence-corrected chi connectivity index (χ4v) is 3.38. The van der Waals surface area contributed by atoms with Crippen LogP contribution in [0.25, 0.3) is 0 Å². The summed E-state index contributed by atoms with van der Waals surface area (Å²) in [4.78, 5) is 0. The van der Waals surface area contributed by atoms with Crippen molar-refractivity contribution in [2.45, 2.75) is 51.0 Å². The van der Waals surface area contributed by atoms with Gasteiger partial charge in [-0.1, -0.05) is 12.1 Å². The molecular weight excluding hydrogens is 234 g/mol. The van der Waals surface area contributed by atoms with Crippen LogP contribution in [0.1, 0.15) is 44.1 Å². The number of piperidine rings is 1. The standard InChI is InChI=1S/C17H25NO/c1-2-8-16(7-1)19-17-9-3-5-14(12-17)11-15-6-4-10-18-13-15/h3,5,9,12,15-16,18H,1-2,4,6-8,10-11,13H2. The summed E-state index contributed by atoms with van der Waals surface area (Å²) in [7, 11) is 0. The molecule has 1 N–H and O–H groups in total. The van der Waals surface area contributed by atoms with Crippen LogP contribution in [0.15, 0.2) is 24.3 Å². The molecule has 104 valence electrons. The van der Waals surface area contributed by atoms with E-state index < -0.39 is 0 Å². The largest absolute Gasteiger partial charge is 0.490 e. The van der Waals surface area contributed by atoms with Gasteiger partial charge in [0.25, 0.3) is 0 Å². The van der Waals surface area contributed by atoms with Crippen LogP contribution >= 0.6 is 0 Å².